The second-order valence-electron chi connectivity index (χ2n) is 8.85. The third-order valence-corrected chi connectivity index (χ3v) is 6.10. The molecule has 3 aliphatic rings. The van der Waals surface area contributed by atoms with Crippen LogP contribution in [0.2, 0.25) is 0 Å². The molecule has 28 heavy (non-hydrogen) atoms. The summed E-state index contributed by atoms with van der Waals surface area (Å²) in [4.78, 5) is 27.8. The van der Waals surface area contributed by atoms with Gasteiger partial charge in [-0.15, -0.1) is 0 Å². The van der Waals surface area contributed by atoms with Gasteiger partial charge in [0.15, 0.2) is 5.82 Å². The second kappa shape index (κ2) is 7.03. The summed E-state index contributed by atoms with van der Waals surface area (Å²) in [6.07, 6.45) is 6.70. The highest BCUT2D eigenvalue weighted by Crippen LogP contribution is 2.52. The number of rotatable bonds is 7. The lowest BCUT2D eigenvalue weighted by molar-refractivity contribution is -0.132. The van der Waals surface area contributed by atoms with Crippen molar-refractivity contribution in [1.82, 2.24) is 10.5 Å². The third-order valence-electron chi connectivity index (χ3n) is 6.10. The highest BCUT2D eigenvalue weighted by atomic mass is 16.5. The first kappa shape index (κ1) is 19.2. The van der Waals surface area contributed by atoms with Gasteiger partial charge in [0.25, 0.3) is 0 Å². The van der Waals surface area contributed by atoms with E-state index in [4.69, 9.17) is 9.26 Å². The van der Waals surface area contributed by atoms with Crippen molar-refractivity contribution in [3.63, 3.8) is 0 Å². The van der Waals surface area contributed by atoms with Crippen molar-refractivity contribution in [1.29, 1.82) is 0 Å². The molecule has 1 spiro atoms. The van der Waals surface area contributed by atoms with E-state index in [-0.39, 0.29) is 24.0 Å². The third kappa shape index (κ3) is 3.15. The van der Waals surface area contributed by atoms with Gasteiger partial charge in [-0.25, -0.2) is 0 Å². The van der Waals surface area contributed by atoms with E-state index in [9.17, 15) is 9.59 Å². The Bertz CT molecular complexity index is 801. The molecule has 2 amide bonds. The molecule has 0 unspecified atom stereocenters. The van der Waals surface area contributed by atoms with Gasteiger partial charge in [-0.3, -0.25) is 14.5 Å². The number of ether oxygens (including phenoxy) is 1. The highest BCUT2D eigenvalue weighted by molar-refractivity contribution is 6.02. The molecule has 1 aromatic heterocycles. The van der Waals surface area contributed by atoms with Crippen LogP contribution < -0.4 is 10.2 Å². The Morgan fingerprint density at radius 3 is 2.86 bits per heavy atom. The Kier molecular flexibility index (Phi) is 4.81. The number of aromatic nitrogens is 1. The van der Waals surface area contributed by atoms with Crippen LogP contribution in [0.25, 0.3) is 0 Å². The smallest absolute Gasteiger partial charge is 0.235 e. The number of carbonyl (C=O) groups excluding carboxylic acids is 2. The minimum Gasteiger partial charge on any atom is -0.360 e. The molecule has 2 saturated heterocycles. The van der Waals surface area contributed by atoms with E-state index in [0.29, 0.717) is 24.0 Å². The van der Waals surface area contributed by atoms with Crippen molar-refractivity contribution in [2.24, 2.45) is 17.8 Å². The van der Waals surface area contributed by atoms with Crippen LogP contribution in [0.5, 0.6) is 0 Å². The summed E-state index contributed by atoms with van der Waals surface area (Å²) < 4.78 is 11.3. The fourth-order valence-electron chi connectivity index (χ4n) is 4.72. The van der Waals surface area contributed by atoms with E-state index in [1.165, 1.54) is 0 Å². The van der Waals surface area contributed by atoms with Gasteiger partial charge < -0.3 is 14.6 Å². The number of carbonyl (C=O) groups is 2. The minimum absolute atomic E-state index is 0.0797. The van der Waals surface area contributed by atoms with Crippen molar-refractivity contribution in [2.75, 3.05) is 11.4 Å². The predicted octanol–water partition coefficient (Wildman–Crippen LogP) is 2.60. The molecule has 7 heteroatoms. The number of fused-ring (bicyclic) bond motifs is 1. The first-order valence-corrected chi connectivity index (χ1v) is 10.2. The van der Waals surface area contributed by atoms with E-state index in [0.717, 1.165) is 19.3 Å². The molecule has 5 atom stereocenters. The maximum atomic E-state index is 13.2. The van der Waals surface area contributed by atoms with Crippen molar-refractivity contribution < 1.29 is 18.8 Å². The number of nitrogens with one attached hydrogen (secondary N) is 1. The van der Waals surface area contributed by atoms with Crippen LogP contribution in [0.15, 0.2) is 22.7 Å². The van der Waals surface area contributed by atoms with Gasteiger partial charge in [0.05, 0.1) is 24.5 Å². The average Bonchev–Trinajstić information content (AvgIpc) is 3.35. The fraction of sp³-hybridized carbons (Fsp3) is 0.667. The van der Waals surface area contributed by atoms with Crippen molar-refractivity contribution >= 4 is 17.6 Å². The molecule has 2 bridgehead atoms. The van der Waals surface area contributed by atoms with Gasteiger partial charge in [0, 0.05) is 12.1 Å². The summed E-state index contributed by atoms with van der Waals surface area (Å²) in [5.74, 6) is 0.563. The lowest BCUT2D eigenvalue weighted by Gasteiger charge is -2.25. The van der Waals surface area contributed by atoms with Crippen molar-refractivity contribution in [2.45, 2.75) is 64.7 Å². The Hall–Kier alpha value is -2.15. The Balaban J connectivity index is 1.46. The number of hydrogen-bond donors (Lipinski definition) is 1. The minimum atomic E-state index is -0.739. The first-order valence-electron chi connectivity index (χ1n) is 10.2. The van der Waals surface area contributed by atoms with Gasteiger partial charge in [0.2, 0.25) is 11.8 Å². The molecule has 1 aromatic rings. The standard InChI is InChI=1S/C21H29N3O4/c1-12(2)6-5-7-13(3)22-19(25)17-15-8-9-21(27-15)11-24(20(26)18(17)21)16-10-14(4)28-23-16/h8-10,12-13,15,17-18H,5-7,11H2,1-4H3,(H,22,25)/t13-,15-,17-,18+,21-/m1/s1. The predicted molar refractivity (Wildman–Crippen MR) is 104 cm³/mol. The largest absolute Gasteiger partial charge is 0.360 e. The van der Waals surface area contributed by atoms with Crippen LogP contribution in [-0.2, 0) is 14.3 Å². The Labute approximate surface area is 165 Å². The maximum Gasteiger partial charge on any atom is 0.235 e. The zero-order chi connectivity index (χ0) is 20.1. The summed E-state index contributed by atoms with van der Waals surface area (Å²) in [5.41, 5.74) is -0.739. The molecule has 4 rings (SSSR count). The molecular weight excluding hydrogens is 358 g/mol. The summed E-state index contributed by atoms with van der Waals surface area (Å²) in [6, 6.07) is 1.81. The van der Waals surface area contributed by atoms with Crippen LogP contribution >= 0.6 is 0 Å². The zero-order valence-electron chi connectivity index (χ0n) is 17.0. The summed E-state index contributed by atoms with van der Waals surface area (Å²) in [7, 11) is 0. The summed E-state index contributed by atoms with van der Waals surface area (Å²) in [6.45, 7) is 8.59. The lowest BCUT2D eigenvalue weighted by atomic mass is 9.76. The number of aryl methyl sites for hydroxylation is 1. The van der Waals surface area contributed by atoms with Crippen LogP contribution in [0.1, 0.15) is 45.8 Å². The normalized spacial score (nSPS) is 31.7. The Morgan fingerprint density at radius 2 is 2.18 bits per heavy atom. The number of amides is 2. The molecule has 0 radical (unpaired) electrons. The molecule has 2 fully saturated rings. The van der Waals surface area contributed by atoms with Crippen molar-refractivity contribution in [3.05, 3.63) is 24.0 Å². The molecule has 0 aromatic carbocycles. The molecule has 0 aliphatic carbocycles. The monoisotopic (exact) mass is 387 g/mol. The molecule has 3 aliphatic heterocycles. The molecule has 7 nitrogen and oxygen atoms in total. The molecule has 152 valence electrons. The van der Waals surface area contributed by atoms with Crippen LogP contribution in [0.4, 0.5) is 5.82 Å². The lowest BCUT2D eigenvalue weighted by Crippen LogP contribution is -2.46. The van der Waals surface area contributed by atoms with Crippen molar-refractivity contribution in [3.8, 4) is 0 Å². The van der Waals surface area contributed by atoms with E-state index < -0.39 is 17.4 Å². The van der Waals surface area contributed by atoms with Crippen LogP contribution in [0.3, 0.4) is 0 Å². The second-order valence-corrected chi connectivity index (χ2v) is 8.85. The van der Waals surface area contributed by atoms with E-state index in [1.807, 2.05) is 19.1 Å². The molecule has 1 N–H and O–H groups in total. The fourth-order valence-corrected chi connectivity index (χ4v) is 4.72. The molecular formula is C21H29N3O4. The SMILES string of the molecule is Cc1cc(N2C[C@@]34C=C[C@@H](O3)[C@@H](C(=O)N[C@H](C)CCCC(C)C)[C@H]4C2=O)no1. The molecule has 0 saturated carbocycles. The van der Waals surface area contributed by atoms with Crippen LogP contribution in [0, 0.1) is 24.7 Å². The number of hydrogen-bond acceptors (Lipinski definition) is 5. The maximum absolute atomic E-state index is 13.2. The Morgan fingerprint density at radius 1 is 1.39 bits per heavy atom. The van der Waals surface area contributed by atoms with Gasteiger partial charge in [-0.1, -0.05) is 44.0 Å². The zero-order valence-corrected chi connectivity index (χ0v) is 17.0. The van der Waals surface area contributed by atoms with Gasteiger partial charge in [0.1, 0.15) is 11.4 Å². The first-order chi connectivity index (χ1) is 13.3. The van der Waals surface area contributed by atoms with Gasteiger partial charge in [-0.05, 0) is 26.2 Å². The van der Waals surface area contributed by atoms with E-state index >= 15 is 0 Å². The number of anilines is 1. The summed E-state index contributed by atoms with van der Waals surface area (Å²) in [5, 5.41) is 7.08. The van der Waals surface area contributed by atoms with E-state index in [1.54, 1.807) is 17.9 Å². The van der Waals surface area contributed by atoms with Gasteiger partial charge >= 0.3 is 0 Å². The van der Waals surface area contributed by atoms with E-state index in [2.05, 4.69) is 24.3 Å². The highest BCUT2D eigenvalue weighted by Gasteiger charge is 2.67. The number of nitrogens with zero attached hydrogens (tertiary/aromatic N) is 2. The molecule has 4 heterocycles. The summed E-state index contributed by atoms with van der Waals surface area (Å²) >= 11 is 0. The average molecular weight is 387 g/mol. The van der Waals surface area contributed by atoms with Gasteiger partial charge in [-0.2, -0.15) is 0 Å². The van der Waals surface area contributed by atoms with Crippen LogP contribution in [-0.4, -0.2) is 41.3 Å². The quantitative estimate of drug-likeness (QED) is 0.727. The topological polar surface area (TPSA) is 84.7 Å².